The molecule has 0 aromatic heterocycles. The molecule has 0 unspecified atom stereocenters. The summed E-state index contributed by atoms with van der Waals surface area (Å²) in [6, 6.07) is 3.96. The summed E-state index contributed by atoms with van der Waals surface area (Å²) < 4.78 is 31.7. The standard InChI is InChI=1S/C24H30N2O11/c1-12(27)26-20-17(25)10-18(24(31)33-5)37-22(20)21(36-14(3)29)19(35-13(2)28)11-34-16-8-6-15(7-9-16)23(30)32-4/h6-10,17,19-22H,11,25H2,1-5H3,(H,26,27)/t17-,19+,20+,21+,22+/m0/s1. The molecule has 0 fully saturated rings. The Hall–Kier alpha value is -4.13. The van der Waals surface area contributed by atoms with Gasteiger partial charge >= 0.3 is 23.9 Å². The van der Waals surface area contributed by atoms with Crippen molar-refractivity contribution in [2.75, 3.05) is 20.8 Å². The van der Waals surface area contributed by atoms with Gasteiger partial charge in [0.1, 0.15) is 12.4 Å². The number of carbonyl (C=O) groups excluding carboxylic acids is 5. The van der Waals surface area contributed by atoms with Gasteiger partial charge in [-0.05, 0) is 30.3 Å². The second-order valence-electron chi connectivity index (χ2n) is 7.96. The van der Waals surface area contributed by atoms with Crippen LogP contribution in [0.4, 0.5) is 0 Å². The van der Waals surface area contributed by atoms with E-state index in [0.29, 0.717) is 5.75 Å². The number of hydrogen-bond donors (Lipinski definition) is 2. The first-order chi connectivity index (χ1) is 17.5. The number of benzene rings is 1. The molecule has 13 nitrogen and oxygen atoms in total. The lowest BCUT2D eigenvalue weighted by Gasteiger charge is -2.40. The lowest BCUT2D eigenvalue weighted by Crippen LogP contribution is -2.63. The van der Waals surface area contributed by atoms with Crippen LogP contribution in [0, 0.1) is 0 Å². The highest BCUT2D eigenvalue weighted by Gasteiger charge is 2.47. The number of methoxy groups -OCH3 is 2. The Kier molecular flexibility index (Phi) is 10.4. The molecule has 202 valence electrons. The van der Waals surface area contributed by atoms with Gasteiger partial charge in [0, 0.05) is 20.8 Å². The van der Waals surface area contributed by atoms with E-state index in [1.807, 2.05) is 0 Å². The fourth-order valence-corrected chi connectivity index (χ4v) is 3.60. The normalized spacial score (nSPS) is 20.2. The molecule has 13 heteroatoms. The topological polar surface area (TPSA) is 179 Å². The van der Waals surface area contributed by atoms with Crippen LogP contribution in [-0.4, -0.2) is 81.0 Å². The van der Waals surface area contributed by atoms with Crippen LogP contribution in [0.5, 0.6) is 5.75 Å². The largest absolute Gasteiger partial charge is 0.490 e. The molecule has 1 aliphatic rings. The van der Waals surface area contributed by atoms with Crippen molar-refractivity contribution in [1.82, 2.24) is 5.32 Å². The Balaban J connectivity index is 2.41. The van der Waals surface area contributed by atoms with Crippen LogP contribution in [0.2, 0.25) is 0 Å². The summed E-state index contributed by atoms with van der Waals surface area (Å²) in [7, 11) is 2.39. The number of esters is 4. The molecule has 0 bridgehead atoms. The van der Waals surface area contributed by atoms with E-state index in [-0.39, 0.29) is 17.9 Å². The van der Waals surface area contributed by atoms with Crippen molar-refractivity contribution in [2.45, 2.75) is 51.2 Å². The highest BCUT2D eigenvalue weighted by atomic mass is 16.6. The Labute approximate surface area is 213 Å². The molecule has 1 heterocycles. The number of nitrogens with two attached hydrogens (primary N) is 1. The monoisotopic (exact) mass is 522 g/mol. The summed E-state index contributed by atoms with van der Waals surface area (Å²) >= 11 is 0. The van der Waals surface area contributed by atoms with Gasteiger partial charge in [-0.2, -0.15) is 0 Å². The smallest absolute Gasteiger partial charge is 0.373 e. The lowest BCUT2D eigenvalue weighted by molar-refractivity contribution is -0.183. The molecule has 0 spiro atoms. The Morgan fingerprint density at radius 3 is 2.05 bits per heavy atom. The average molecular weight is 523 g/mol. The summed E-state index contributed by atoms with van der Waals surface area (Å²) in [5, 5.41) is 2.62. The molecular formula is C24H30N2O11. The number of rotatable bonds is 10. The van der Waals surface area contributed by atoms with Crippen molar-refractivity contribution < 1.29 is 52.4 Å². The number of nitrogens with one attached hydrogen (secondary N) is 1. The molecule has 1 aromatic carbocycles. The third kappa shape index (κ3) is 8.20. The van der Waals surface area contributed by atoms with Crippen LogP contribution in [0.3, 0.4) is 0 Å². The van der Waals surface area contributed by atoms with E-state index in [2.05, 4.69) is 10.1 Å². The van der Waals surface area contributed by atoms with Gasteiger partial charge in [0.15, 0.2) is 18.3 Å². The minimum Gasteiger partial charge on any atom is -0.490 e. The van der Waals surface area contributed by atoms with E-state index in [0.717, 1.165) is 21.0 Å². The van der Waals surface area contributed by atoms with Crippen LogP contribution in [0.15, 0.2) is 36.1 Å². The van der Waals surface area contributed by atoms with Crippen molar-refractivity contribution in [3.63, 3.8) is 0 Å². The van der Waals surface area contributed by atoms with E-state index in [1.54, 1.807) is 0 Å². The predicted octanol–water partition coefficient (Wildman–Crippen LogP) is 0.00310. The second-order valence-corrected chi connectivity index (χ2v) is 7.96. The van der Waals surface area contributed by atoms with Crippen molar-refractivity contribution in [1.29, 1.82) is 0 Å². The minimum absolute atomic E-state index is 0.278. The summed E-state index contributed by atoms with van der Waals surface area (Å²) in [6.45, 7) is 3.17. The van der Waals surface area contributed by atoms with Crippen LogP contribution in [0.25, 0.3) is 0 Å². The van der Waals surface area contributed by atoms with Gasteiger partial charge in [-0.1, -0.05) is 0 Å². The molecule has 1 aromatic rings. The van der Waals surface area contributed by atoms with E-state index in [4.69, 9.17) is 29.4 Å². The van der Waals surface area contributed by atoms with Gasteiger partial charge in [-0.25, -0.2) is 9.59 Å². The molecule has 3 N–H and O–H groups in total. The highest BCUT2D eigenvalue weighted by Crippen LogP contribution is 2.26. The molecule has 1 aliphatic heterocycles. The van der Waals surface area contributed by atoms with Gasteiger partial charge < -0.3 is 39.5 Å². The van der Waals surface area contributed by atoms with Crippen LogP contribution in [0.1, 0.15) is 31.1 Å². The molecular weight excluding hydrogens is 492 g/mol. The molecule has 0 saturated carbocycles. The van der Waals surface area contributed by atoms with E-state index in [1.165, 1.54) is 44.4 Å². The molecule has 5 atom stereocenters. The van der Waals surface area contributed by atoms with E-state index >= 15 is 0 Å². The fraction of sp³-hybridized carbons (Fsp3) is 0.458. The number of carbonyl (C=O) groups is 5. The number of ether oxygens (including phenoxy) is 6. The Morgan fingerprint density at radius 1 is 0.946 bits per heavy atom. The SMILES string of the molecule is COC(=O)C1=C[C@H](N)[C@@H](NC(C)=O)[C@H]([C@H](OC(C)=O)[C@@H](COc2ccc(C(=O)OC)cc2)OC(C)=O)O1. The Morgan fingerprint density at radius 2 is 1.54 bits per heavy atom. The summed E-state index contributed by atoms with van der Waals surface area (Å²) in [6.07, 6.45) is -2.68. The third-order valence-electron chi connectivity index (χ3n) is 5.13. The average Bonchev–Trinajstić information content (AvgIpc) is 2.85. The van der Waals surface area contributed by atoms with Crippen molar-refractivity contribution in [3.05, 3.63) is 41.7 Å². The first-order valence-electron chi connectivity index (χ1n) is 11.1. The number of hydrogen-bond acceptors (Lipinski definition) is 12. The molecule has 1 amide bonds. The quantitative estimate of drug-likeness (QED) is 0.311. The van der Waals surface area contributed by atoms with Gasteiger partial charge in [-0.15, -0.1) is 0 Å². The Bertz CT molecular complexity index is 1040. The molecule has 0 aliphatic carbocycles. The summed E-state index contributed by atoms with van der Waals surface area (Å²) in [4.78, 5) is 59.7. The number of amides is 1. The molecule has 37 heavy (non-hydrogen) atoms. The highest BCUT2D eigenvalue weighted by molar-refractivity contribution is 5.89. The van der Waals surface area contributed by atoms with Crippen LogP contribution in [-0.2, 0) is 42.9 Å². The first kappa shape index (κ1) is 29.1. The van der Waals surface area contributed by atoms with E-state index in [9.17, 15) is 24.0 Å². The maximum atomic E-state index is 12.2. The molecule has 0 saturated heterocycles. The van der Waals surface area contributed by atoms with Crippen molar-refractivity contribution >= 4 is 29.8 Å². The van der Waals surface area contributed by atoms with Gasteiger partial charge in [-0.3, -0.25) is 14.4 Å². The van der Waals surface area contributed by atoms with Gasteiger partial charge in [0.05, 0.1) is 31.9 Å². The second kappa shape index (κ2) is 13.3. The lowest BCUT2D eigenvalue weighted by atomic mass is 9.92. The maximum absolute atomic E-state index is 12.2. The first-order valence-corrected chi connectivity index (χ1v) is 11.1. The summed E-state index contributed by atoms with van der Waals surface area (Å²) in [5.41, 5.74) is 6.48. The zero-order valence-corrected chi connectivity index (χ0v) is 21.0. The minimum atomic E-state index is -1.38. The zero-order chi connectivity index (χ0) is 27.7. The molecule has 0 radical (unpaired) electrons. The van der Waals surface area contributed by atoms with Gasteiger partial charge in [0.2, 0.25) is 11.7 Å². The molecule has 2 rings (SSSR count). The predicted molar refractivity (Wildman–Crippen MR) is 125 cm³/mol. The van der Waals surface area contributed by atoms with Crippen LogP contribution >= 0.6 is 0 Å². The van der Waals surface area contributed by atoms with Gasteiger partial charge in [0.25, 0.3) is 0 Å². The maximum Gasteiger partial charge on any atom is 0.373 e. The van der Waals surface area contributed by atoms with Crippen molar-refractivity contribution in [2.24, 2.45) is 5.73 Å². The van der Waals surface area contributed by atoms with Crippen LogP contribution < -0.4 is 15.8 Å². The zero-order valence-electron chi connectivity index (χ0n) is 21.0. The third-order valence-corrected chi connectivity index (χ3v) is 5.13. The summed E-state index contributed by atoms with van der Waals surface area (Å²) in [5.74, 6) is -3.35. The fourth-order valence-electron chi connectivity index (χ4n) is 3.60. The van der Waals surface area contributed by atoms with Crippen molar-refractivity contribution in [3.8, 4) is 5.75 Å². The van der Waals surface area contributed by atoms with E-state index < -0.39 is 60.2 Å².